The van der Waals surface area contributed by atoms with E-state index in [0.29, 0.717) is 0 Å². The molecule has 1 N–H and O–H groups in total. The molecule has 1 nitrogen and oxygen atoms in total. The van der Waals surface area contributed by atoms with Crippen molar-refractivity contribution >= 4 is 27.3 Å². The van der Waals surface area contributed by atoms with Gasteiger partial charge in [0.25, 0.3) is 0 Å². The summed E-state index contributed by atoms with van der Waals surface area (Å²) in [5.74, 6) is 0. The van der Waals surface area contributed by atoms with Crippen LogP contribution in [0, 0.1) is 0 Å². The van der Waals surface area contributed by atoms with E-state index in [1.807, 2.05) is 12.1 Å². The Morgan fingerprint density at radius 1 is 0.500 bits per heavy atom. The first-order valence-electron chi connectivity index (χ1n) is 8.57. The van der Waals surface area contributed by atoms with Crippen molar-refractivity contribution in [2.75, 3.05) is 5.32 Å². The van der Waals surface area contributed by atoms with Crippen molar-refractivity contribution in [1.29, 1.82) is 0 Å². The first kappa shape index (κ1) is 16.6. The number of rotatable bonds is 4. The molecule has 0 saturated carbocycles. The number of nitrogens with one attached hydrogen (secondary N) is 1. The zero-order valence-electron chi connectivity index (χ0n) is 14.2. The van der Waals surface area contributed by atoms with Crippen molar-refractivity contribution in [3.05, 3.63) is 108 Å². The maximum Gasteiger partial charge on any atom is 0.0391 e. The first-order chi connectivity index (χ1) is 12.8. The zero-order valence-corrected chi connectivity index (χ0v) is 15.8. The molecule has 4 aromatic rings. The molecule has 4 aromatic carbocycles. The van der Waals surface area contributed by atoms with Crippen LogP contribution in [0.1, 0.15) is 0 Å². The monoisotopic (exact) mass is 399 g/mol. The molecule has 0 bridgehead atoms. The van der Waals surface area contributed by atoms with Crippen LogP contribution < -0.4 is 5.32 Å². The van der Waals surface area contributed by atoms with Gasteiger partial charge in [-0.15, -0.1) is 0 Å². The van der Waals surface area contributed by atoms with Crippen molar-refractivity contribution in [2.45, 2.75) is 0 Å². The van der Waals surface area contributed by atoms with Gasteiger partial charge in [-0.1, -0.05) is 88.7 Å². The molecule has 0 fully saturated rings. The highest BCUT2D eigenvalue weighted by molar-refractivity contribution is 9.10. The highest BCUT2D eigenvalue weighted by Gasteiger charge is 2.05. The Kier molecular flexibility index (Phi) is 4.85. The normalized spacial score (nSPS) is 10.5. The Morgan fingerprint density at radius 3 is 1.69 bits per heavy atom. The number of benzene rings is 4. The van der Waals surface area contributed by atoms with Crippen LogP contribution in [0.15, 0.2) is 108 Å². The lowest BCUT2D eigenvalue weighted by molar-refractivity contribution is 1.52. The third kappa shape index (κ3) is 3.71. The Labute approximate surface area is 162 Å². The van der Waals surface area contributed by atoms with E-state index in [1.165, 1.54) is 22.3 Å². The Hall–Kier alpha value is -2.84. The lowest BCUT2D eigenvalue weighted by Crippen LogP contribution is -1.91. The first-order valence-corrected chi connectivity index (χ1v) is 9.36. The van der Waals surface area contributed by atoms with Crippen molar-refractivity contribution in [1.82, 2.24) is 0 Å². The molecule has 4 rings (SSSR count). The Morgan fingerprint density at radius 2 is 1.04 bits per heavy atom. The topological polar surface area (TPSA) is 12.0 Å². The lowest BCUT2D eigenvalue weighted by atomic mass is 10.0. The summed E-state index contributed by atoms with van der Waals surface area (Å²) in [4.78, 5) is 0. The minimum absolute atomic E-state index is 1.07. The average molecular weight is 400 g/mol. The van der Waals surface area contributed by atoms with Crippen LogP contribution in [0.5, 0.6) is 0 Å². The fourth-order valence-corrected chi connectivity index (χ4v) is 3.46. The van der Waals surface area contributed by atoms with Gasteiger partial charge in [0.05, 0.1) is 0 Å². The molecular weight excluding hydrogens is 382 g/mol. The summed E-state index contributed by atoms with van der Waals surface area (Å²) in [6.45, 7) is 0. The minimum atomic E-state index is 1.07. The summed E-state index contributed by atoms with van der Waals surface area (Å²) in [6.07, 6.45) is 0. The number of halogens is 1. The van der Waals surface area contributed by atoms with Crippen LogP contribution in [0.3, 0.4) is 0 Å². The van der Waals surface area contributed by atoms with Gasteiger partial charge in [-0.2, -0.15) is 0 Å². The van der Waals surface area contributed by atoms with Gasteiger partial charge < -0.3 is 5.32 Å². The van der Waals surface area contributed by atoms with E-state index in [4.69, 9.17) is 0 Å². The summed E-state index contributed by atoms with van der Waals surface area (Å²) in [5.41, 5.74) is 6.97. The highest BCUT2D eigenvalue weighted by Crippen LogP contribution is 2.32. The largest absolute Gasteiger partial charge is 0.356 e. The highest BCUT2D eigenvalue weighted by atomic mass is 79.9. The zero-order chi connectivity index (χ0) is 17.8. The maximum atomic E-state index is 3.66. The van der Waals surface area contributed by atoms with Crippen LogP contribution in [0.2, 0.25) is 0 Å². The Bertz CT molecular complexity index is 993. The third-order valence-corrected chi connectivity index (χ3v) is 5.02. The summed E-state index contributed by atoms with van der Waals surface area (Å²) < 4.78 is 1.09. The second kappa shape index (κ2) is 7.59. The summed E-state index contributed by atoms with van der Waals surface area (Å²) in [7, 11) is 0. The fourth-order valence-electron chi connectivity index (χ4n) is 2.99. The van der Waals surface area contributed by atoms with Crippen molar-refractivity contribution in [2.24, 2.45) is 0 Å². The predicted molar refractivity (Wildman–Crippen MR) is 115 cm³/mol. The van der Waals surface area contributed by atoms with Crippen LogP contribution in [0.25, 0.3) is 22.3 Å². The molecule has 0 aliphatic rings. The maximum absolute atomic E-state index is 3.66. The van der Waals surface area contributed by atoms with E-state index in [-0.39, 0.29) is 0 Å². The van der Waals surface area contributed by atoms with E-state index < -0.39 is 0 Å². The van der Waals surface area contributed by atoms with Gasteiger partial charge in [0.2, 0.25) is 0 Å². The molecule has 0 aliphatic carbocycles. The van der Waals surface area contributed by atoms with Crippen molar-refractivity contribution in [3.63, 3.8) is 0 Å². The molecule has 0 amide bonds. The molecular formula is C24H18BrN. The summed E-state index contributed by atoms with van der Waals surface area (Å²) >= 11 is 3.66. The van der Waals surface area contributed by atoms with E-state index >= 15 is 0 Å². The SMILES string of the molecule is Brc1ccc(Nc2ccc(-c3ccccc3)cc2)cc1-c1ccccc1. The van der Waals surface area contributed by atoms with Gasteiger partial charge in [0.15, 0.2) is 0 Å². The van der Waals surface area contributed by atoms with Crippen LogP contribution >= 0.6 is 15.9 Å². The third-order valence-electron chi connectivity index (χ3n) is 4.33. The quantitative estimate of drug-likeness (QED) is 0.373. The van der Waals surface area contributed by atoms with E-state index in [0.717, 1.165) is 15.8 Å². The number of hydrogen-bond donors (Lipinski definition) is 1. The minimum Gasteiger partial charge on any atom is -0.356 e. The second-order valence-electron chi connectivity index (χ2n) is 6.13. The van der Waals surface area contributed by atoms with Gasteiger partial charge in [0.1, 0.15) is 0 Å². The fraction of sp³-hybridized carbons (Fsp3) is 0. The average Bonchev–Trinajstić information content (AvgIpc) is 2.71. The van der Waals surface area contributed by atoms with Crippen LogP contribution in [0.4, 0.5) is 11.4 Å². The molecule has 0 spiro atoms. The number of hydrogen-bond acceptors (Lipinski definition) is 1. The number of anilines is 2. The molecule has 0 atom stereocenters. The lowest BCUT2D eigenvalue weighted by Gasteiger charge is -2.11. The molecule has 0 heterocycles. The molecule has 0 unspecified atom stereocenters. The van der Waals surface area contributed by atoms with Gasteiger partial charge >= 0.3 is 0 Å². The molecule has 26 heavy (non-hydrogen) atoms. The van der Waals surface area contributed by atoms with E-state index in [1.54, 1.807) is 0 Å². The molecule has 126 valence electrons. The van der Waals surface area contributed by atoms with E-state index in [2.05, 4.69) is 112 Å². The van der Waals surface area contributed by atoms with Crippen LogP contribution in [-0.4, -0.2) is 0 Å². The molecule has 0 saturated heterocycles. The molecule has 0 radical (unpaired) electrons. The van der Waals surface area contributed by atoms with Crippen molar-refractivity contribution < 1.29 is 0 Å². The second-order valence-corrected chi connectivity index (χ2v) is 6.98. The van der Waals surface area contributed by atoms with Crippen LogP contribution in [-0.2, 0) is 0 Å². The van der Waals surface area contributed by atoms with Gasteiger partial charge in [-0.05, 0) is 52.6 Å². The van der Waals surface area contributed by atoms with Crippen molar-refractivity contribution in [3.8, 4) is 22.3 Å². The molecule has 0 aliphatic heterocycles. The summed E-state index contributed by atoms with van der Waals surface area (Å²) in [5, 5.41) is 3.50. The van der Waals surface area contributed by atoms with E-state index in [9.17, 15) is 0 Å². The van der Waals surface area contributed by atoms with Gasteiger partial charge in [-0.25, -0.2) is 0 Å². The predicted octanol–water partition coefficient (Wildman–Crippen LogP) is 7.53. The smallest absolute Gasteiger partial charge is 0.0391 e. The standard InChI is InChI=1S/C24H18BrN/c25-24-16-15-22(17-23(24)20-9-5-2-6-10-20)26-21-13-11-19(12-14-21)18-7-3-1-4-8-18/h1-17,26H. The molecule has 2 heteroatoms. The van der Waals surface area contributed by atoms with Gasteiger partial charge in [0, 0.05) is 15.8 Å². The Balaban J connectivity index is 1.58. The molecule has 0 aromatic heterocycles. The van der Waals surface area contributed by atoms with Gasteiger partial charge in [-0.3, -0.25) is 0 Å². The summed E-state index contributed by atoms with van der Waals surface area (Å²) in [6, 6.07) is 35.7.